The van der Waals surface area contributed by atoms with Gasteiger partial charge in [-0.15, -0.1) is 0 Å². The average Bonchev–Trinajstić information content (AvgIpc) is 3.40. The molecule has 1 saturated heterocycles. The third-order valence-corrected chi connectivity index (χ3v) is 7.27. The summed E-state index contributed by atoms with van der Waals surface area (Å²) in [6, 6.07) is 12.6. The number of carbonyl (C=O) groups excluding carboxylic acids is 1. The van der Waals surface area contributed by atoms with E-state index >= 15 is 0 Å². The summed E-state index contributed by atoms with van der Waals surface area (Å²) in [4.78, 5) is 25.7. The van der Waals surface area contributed by atoms with Crippen LogP contribution in [0, 0.1) is 0 Å². The third kappa shape index (κ3) is 2.68. The van der Waals surface area contributed by atoms with Crippen molar-refractivity contribution in [2.75, 3.05) is 20.2 Å². The summed E-state index contributed by atoms with van der Waals surface area (Å²) in [7, 11) is 1.60. The highest BCUT2D eigenvalue weighted by molar-refractivity contribution is 8.17. The van der Waals surface area contributed by atoms with Crippen LogP contribution < -0.4 is 4.74 Å². The molecule has 29 heavy (non-hydrogen) atoms. The van der Waals surface area contributed by atoms with E-state index in [0.29, 0.717) is 45.3 Å². The lowest BCUT2D eigenvalue weighted by atomic mass is 9.86. The van der Waals surface area contributed by atoms with Crippen LogP contribution in [0.4, 0.5) is 0 Å². The van der Waals surface area contributed by atoms with Gasteiger partial charge in [0.25, 0.3) is 5.91 Å². The first-order valence-electron chi connectivity index (χ1n) is 8.94. The number of amides is 1. The van der Waals surface area contributed by atoms with Gasteiger partial charge in [0, 0.05) is 12.1 Å². The van der Waals surface area contributed by atoms with Crippen molar-refractivity contribution in [2.45, 2.75) is 10.9 Å². The van der Waals surface area contributed by atoms with E-state index in [1.807, 2.05) is 24.3 Å². The van der Waals surface area contributed by atoms with Gasteiger partial charge < -0.3 is 9.57 Å². The molecule has 2 aromatic carbocycles. The standard InChI is InChI=1S/C20H15Cl2N3O3S/c1-27-12-7-5-11(6-8-12)17-20(18(26)25-10-9-23-19(25)29-20)16(24-28-17)15-13(21)3-2-4-14(15)22/h2-8,17H,9-10H2,1H3. The Hall–Kier alpha value is -2.22. The molecule has 0 aliphatic carbocycles. The molecule has 1 fully saturated rings. The molecule has 3 aliphatic rings. The van der Waals surface area contributed by atoms with Crippen molar-refractivity contribution in [3.8, 4) is 5.75 Å². The van der Waals surface area contributed by atoms with E-state index in [-0.39, 0.29) is 5.91 Å². The third-order valence-electron chi connectivity index (χ3n) is 5.21. The van der Waals surface area contributed by atoms with Crippen LogP contribution in [0.15, 0.2) is 52.6 Å². The topological polar surface area (TPSA) is 63.5 Å². The Kier molecular flexibility index (Phi) is 4.49. The number of benzene rings is 2. The van der Waals surface area contributed by atoms with Crippen LogP contribution in [0.1, 0.15) is 17.2 Å². The Bertz CT molecular complexity index is 1050. The predicted molar refractivity (Wildman–Crippen MR) is 114 cm³/mol. The number of thioether (sulfide) groups is 1. The van der Waals surface area contributed by atoms with Gasteiger partial charge in [0.05, 0.1) is 23.7 Å². The highest BCUT2D eigenvalue weighted by Crippen LogP contribution is 2.55. The number of nitrogens with zero attached hydrogens (tertiary/aromatic N) is 3. The number of amidine groups is 1. The number of fused-ring (bicyclic) bond motifs is 1. The Morgan fingerprint density at radius 3 is 2.59 bits per heavy atom. The molecule has 0 N–H and O–H groups in total. The molecule has 0 radical (unpaired) electrons. The van der Waals surface area contributed by atoms with Crippen molar-refractivity contribution in [1.29, 1.82) is 0 Å². The fraction of sp³-hybridized carbons (Fsp3) is 0.250. The van der Waals surface area contributed by atoms with Crippen molar-refractivity contribution in [2.24, 2.45) is 10.1 Å². The number of hydrogen-bond acceptors (Lipinski definition) is 6. The molecule has 2 unspecified atom stereocenters. The zero-order valence-electron chi connectivity index (χ0n) is 15.3. The van der Waals surface area contributed by atoms with E-state index in [2.05, 4.69) is 10.1 Å². The van der Waals surface area contributed by atoms with Gasteiger partial charge in [-0.25, -0.2) is 0 Å². The molecule has 3 aliphatic heterocycles. The minimum absolute atomic E-state index is 0.119. The SMILES string of the molecule is COc1ccc(C2ON=C(c3c(Cl)cccc3Cl)C23SC2=NCCN2C3=O)cc1. The summed E-state index contributed by atoms with van der Waals surface area (Å²) in [6.45, 7) is 1.14. The van der Waals surface area contributed by atoms with Crippen molar-refractivity contribution >= 4 is 51.8 Å². The van der Waals surface area contributed by atoms with Crippen molar-refractivity contribution < 1.29 is 14.4 Å². The largest absolute Gasteiger partial charge is 0.497 e. The van der Waals surface area contributed by atoms with Crippen LogP contribution in [0.5, 0.6) is 5.75 Å². The number of rotatable bonds is 3. The average molecular weight is 448 g/mol. The predicted octanol–water partition coefficient (Wildman–Crippen LogP) is 4.16. The smallest absolute Gasteiger partial charge is 0.255 e. The Balaban J connectivity index is 1.68. The Morgan fingerprint density at radius 1 is 1.21 bits per heavy atom. The zero-order chi connectivity index (χ0) is 20.2. The molecule has 5 rings (SSSR count). The van der Waals surface area contributed by atoms with E-state index < -0.39 is 10.9 Å². The summed E-state index contributed by atoms with van der Waals surface area (Å²) in [6.07, 6.45) is -0.651. The molecular formula is C20H15Cl2N3O3S. The summed E-state index contributed by atoms with van der Waals surface area (Å²) in [5.41, 5.74) is 1.73. The highest BCUT2D eigenvalue weighted by Gasteiger charge is 2.65. The fourth-order valence-corrected chi connectivity index (χ4v) is 5.83. The van der Waals surface area contributed by atoms with Crippen LogP contribution in [0.2, 0.25) is 10.0 Å². The van der Waals surface area contributed by atoms with Gasteiger partial charge >= 0.3 is 0 Å². The van der Waals surface area contributed by atoms with E-state index in [1.165, 1.54) is 11.8 Å². The van der Waals surface area contributed by atoms with Gasteiger partial charge in [-0.3, -0.25) is 14.7 Å². The summed E-state index contributed by atoms with van der Waals surface area (Å²) >= 11 is 14.3. The molecule has 3 heterocycles. The molecular weight excluding hydrogens is 433 g/mol. The number of ether oxygens (including phenoxy) is 1. The summed E-state index contributed by atoms with van der Waals surface area (Å²) < 4.78 is 4.10. The molecule has 2 atom stereocenters. The molecule has 0 bridgehead atoms. The van der Waals surface area contributed by atoms with Crippen molar-refractivity contribution in [1.82, 2.24) is 4.90 Å². The maximum absolute atomic E-state index is 13.7. The van der Waals surface area contributed by atoms with Gasteiger partial charge in [0.2, 0.25) is 0 Å². The lowest BCUT2D eigenvalue weighted by molar-refractivity contribution is -0.129. The number of carbonyl (C=O) groups is 1. The first-order valence-corrected chi connectivity index (χ1v) is 10.5. The van der Waals surface area contributed by atoms with E-state index in [1.54, 1.807) is 30.2 Å². The van der Waals surface area contributed by atoms with Gasteiger partial charge in [-0.05, 0) is 29.8 Å². The first kappa shape index (κ1) is 18.8. The number of oxime groups is 1. The number of methoxy groups -OCH3 is 1. The second-order valence-electron chi connectivity index (χ2n) is 6.75. The van der Waals surface area contributed by atoms with Gasteiger partial charge in [-0.1, -0.05) is 58.3 Å². The lowest BCUT2D eigenvalue weighted by Gasteiger charge is -2.27. The molecule has 2 aromatic rings. The molecule has 0 saturated carbocycles. The normalized spacial score (nSPS) is 25.1. The van der Waals surface area contributed by atoms with Gasteiger partial charge in [0.15, 0.2) is 16.0 Å². The first-order chi connectivity index (χ1) is 14.1. The number of aliphatic imine (C=N–C) groups is 1. The number of hydrogen-bond donors (Lipinski definition) is 0. The molecule has 1 spiro atoms. The Morgan fingerprint density at radius 2 is 1.93 bits per heavy atom. The van der Waals surface area contributed by atoms with Crippen LogP contribution >= 0.6 is 35.0 Å². The van der Waals surface area contributed by atoms with Gasteiger partial charge in [-0.2, -0.15) is 0 Å². The maximum atomic E-state index is 13.7. The second-order valence-corrected chi connectivity index (χ2v) is 8.78. The summed E-state index contributed by atoms with van der Waals surface area (Å²) in [5.74, 6) is 0.596. The zero-order valence-corrected chi connectivity index (χ0v) is 17.6. The van der Waals surface area contributed by atoms with Crippen LogP contribution in [0.3, 0.4) is 0 Å². The van der Waals surface area contributed by atoms with E-state index in [0.717, 1.165) is 5.56 Å². The maximum Gasteiger partial charge on any atom is 0.255 e. The van der Waals surface area contributed by atoms with Crippen LogP contribution in [-0.4, -0.2) is 46.6 Å². The lowest BCUT2D eigenvalue weighted by Crippen LogP contribution is -2.48. The molecule has 148 valence electrons. The molecule has 6 nitrogen and oxygen atoms in total. The molecule has 0 aromatic heterocycles. The van der Waals surface area contributed by atoms with E-state index in [9.17, 15) is 4.79 Å². The fourth-order valence-electron chi connectivity index (χ4n) is 3.81. The van der Waals surface area contributed by atoms with Crippen LogP contribution in [0.25, 0.3) is 0 Å². The Labute approximate surface area is 181 Å². The van der Waals surface area contributed by atoms with Crippen molar-refractivity contribution in [3.63, 3.8) is 0 Å². The summed E-state index contributed by atoms with van der Waals surface area (Å²) in [5, 5.41) is 5.84. The second kappa shape index (κ2) is 6.93. The quantitative estimate of drug-likeness (QED) is 0.708. The van der Waals surface area contributed by atoms with Crippen molar-refractivity contribution in [3.05, 3.63) is 63.6 Å². The number of halogens is 2. The van der Waals surface area contributed by atoms with Gasteiger partial charge in [0.1, 0.15) is 11.5 Å². The van der Waals surface area contributed by atoms with E-state index in [4.69, 9.17) is 32.8 Å². The minimum Gasteiger partial charge on any atom is -0.497 e. The molecule has 1 amide bonds. The minimum atomic E-state index is -1.15. The monoisotopic (exact) mass is 447 g/mol. The highest BCUT2D eigenvalue weighted by atomic mass is 35.5. The molecule has 9 heteroatoms. The van der Waals surface area contributed by atoms with Crippen LogP contribution in [-0.2, 0) is 9.63 Å².